The van der Waals surface area contributed by atoms with E-state index in [0.29, 0.717) is 18.0 Å². The highest BCUT2D eigenvalue weighted by Gasteiger charge is 2.11. The minimum absolute atomic E-state index is 0.155. The van der Waals surface area contributed by atoms with E-state index >= 15 is 0 Å². The zero-order valence-corrected chi connectivity index (χ0v) is 9.77. The molecule has 5 nitrogen and oxygen atoms in total. The van der Waals surface area contributed by atoms with Crippen molar-refractivity contribution in [3.63, 3.8) is 0 Å². The van der Waals surface area contributed by atoms with Crippen LogP contribution in [0, 0.1) is 0 Å². The number of ether oxygens (including phenoxy) is 2. The SMILES string of the molecule is COc1cccc(OC)c1Cn1cc[nH]c1=O. The molecule has 0 unspecified atom stereocenters. The van der Waals surface area contributed by atoms with Crippen LogP contribution in [0.4, 0.5) is 0 Å². The van der Waals surface area contributed by atoms with Gasteiger partial charge in [0.1, 0.15) is 11.5 Å². The maximum absolute atomic E-state index is 11.4. The number of nitrogens with one attached hydrogen (secondary N) is 1. The molecule has 1 heterocycles. The Morgan fingerprint density at radius 1 is 1.24 bits per heavy atom. The van der Waals surface area contributed by atoms with Gasteiger partial charge in [-0.3, -0.25) is 4.57 Å². The molecular formula is C12H14N2O3. The number of imidazole rings is 1. The summed E-state index contributed by atoms with van der Waals surface area (Å²) in [5.41, 5.74) is 0.692. The van der Waals surface area contributed by atoms with Crippen molar-refractivity contribution < 1.29 is 9.47 Å². The van der Waals surface area contributed by atoms with Crippen LogP contribution >= 0.6 is 0 Å². The fourth-order valence-electron chi connectivity index (χ4n) is 1.73. The third-order valence-corrected chi connectivity index (χ3v) is 2.58. The topological polar surface area (TPSA) is 56.2 Å². The van der Waals surface area contributed by atoms with Gasteiger partial charge in [-0.05, 0) is 12.1 Å². The van der Waals surface area contributed by atoms with Crippen molar-refractivity contribution in [2.45, 2.75) is 6.54 Å². The van der Waals surface area contributed by atoms with Crippen LogP contribution in [-0.2, 0) is 6.54 Å². The van der Waals surface area contributed by atoms with Gasteiger partial charge in [0.05, 0.1) is 26.3 Å². The second-order valence-electron chi connectivity index (χ2n) is 3.53. The number of nitrogens with zero attached hydrogens (tertiary/aromatic N) is 1. The molecule has 1 aromatic carbocycles. The highest BCUT2D eigenvalue weighted by molar-refractivity contribution is 5.44. The molecule has 0 radical (unpaired) electrons. The van der Waals surface area contributed by atoms with Gasteiger partial charge in [-0.25, -0.2) is 4.79 Å². The fraction of sp³-hybridized carbons (Fsp3) is 0.250. The molecule has 0 saturated heterocycles. The van der Waals surface area contributed by atoms with Crippen LogP contribution in [0.3, 0.4) is 0 Å². The molecule has 17 heavy (non-hydrogen) atoms. The van der Waals surface area contributed by atoms with Gasteiger partial charge in [-0.2, -0.15) is 0 Å². The van der Waals surface area contributed by atoms with Gasteiger partial charge in [0.25, 0.3) is 0 Å². The largest absolute Gasteiger partial charge is 0.496 e. The molecule has 0 aliphatic carbocycles. The van der Waals surface area contributed by atoms with Crippen LogP contribution in [0.1, 0.15) is 5.56 Å². The van der Waals surface area contributed by atoms with E-state index in [0.717, 1.165) is 5.56 Å². The van der Waals surface area contributed by atoms with Crippen LogP contribution in [0.25, 0.3) is 0 Å². The second kappa shape index (κ2) is 4.78. The Kier molecular flexibility index (Phi) is 3.18. The summed E-state index contributed by atoms with van der Waals surface area (Å²) in [4.78, 5) is 14.0. The van der Waals surface area contributed by atoms with Gasteiger partial charge in [-0.1, -0.05) is 6.07 Å². The Labute approximate surface area is 98.6 Å². The fourth-order valence-corrected chi connectivity index (χ4v) is 1.73. The van der Waals surface area contributed by atoms with Gasteiger partial charge in [0.15, 0.2) is 0 Å². The van der Waals surface area contributed by atoms with E-state index in [1.807, 2.05) is 18.2 Å². The normalized spacial score (nSPS) is 10.2. The number of aromatic amines is 1. The summed E-state index contributed by atoms with van der Waals surface area (Å²) in [6.07, 6.45) is 3.29. The molecule has 0 aliphatic heterocycles. The number of H-pyrrole nitrogens is 1. The van der Waals surface area contributed by atoms with Crippen LogP contribution in [0.5, 0.6) is 11.5 Å². The Hall–Kier alpha value is -2.17. The van der Waals surface area contributed by atoms with Crippen LogP contribution in [0.15, 0.2) is 35.4 Å². The first kappa shape index (κ1) is 11.3. The van der Waals surface area contributed by atoms with Gasteiger partial charge in [-0.15, -0.1) is 0 Å². The molecule has 1 aromatic heterocycles. The first-order valence-electron chi connectivity index (χ1n) is 5.20. The molecule has 90 valence electrons. The molecule has 0 saturated carbocycles. The summed E-state index contributed by atoms with van der Waals surface area (Å²) in [6.45, 7) is 0.412. The van der Waals surface area contributed by atoms with E-state index in [2.05, 4.69) is 4.98 Å². The Morgan fingerprint density at radius 3 is 2.35 bits per heavy atom. The molecular weight excluding hydrogens is 220 g/mol. The molecule has 0 spiro atoms. The highest BCUT2D eigenvalue weighted by atomic mass is 16.5. The molecule has 2 aromatic rings. The van der Waals surface area contributed by atoms with Crippen molar-refractivity contribution in [3.05, 3.63) is 46.6 Å². The number of hydrogen-bond acceptors (Lipinski definition) is 3. The predicted octanol–water partition coefficient (Wildman–Crippen LogP) is 1.24. The molecule has 0 bridgehead atoms. The average molecular weight is 234 g/mol. The number of rotatable bonds is 4. The summed E-state index contributed by atoms with van der Waals surface area (Å²) in [5.74, 6) is 1.41. The minimum atomic E-state index is -0.155. The van der Waals surface area contributed by atoms with E-state index in [1.54, 1.807) is 31.2 Å². The van der Waals surface area contributed by atoms with Gasteiger partial charge < -0.3 is 14.5 Å². The van der Waals surface area contributed by atoms with E-state index in [-0.39, 0.29) is 5.69 Å². The summed E-state index contributed by atoms with van der Waals surface area (Å²) in [6, 6.07) is 5.53. The van der Waals surface area contributed by atoms with Crippen LogP contribution in [0.2, 0.25) is 0 Å². The lowest BCUT2D eigenvalue weighted by Gasteiger charge is -2.12. The summed E-state index contributed by atoms with van der Waals surface area (Å²) in [5, 5.41) is 0. The predicted molar refractivity (Wildman–Crippen MR) is 63.7 cm³/mol. The molecule has 5 heteroatoms. The van der Waals surface area contributed by atoms with E-state index in [9.17, 15) is 4.79 Å². The van der Waals surface area contributed by atoms with Gasteiger partial charge in [0.2, 0.25) is 0 Å². The number of benzene rings is 1. The van der Waals surface area contributed by atoms with Gasteiger partial charge in [0, 0.05) is 12.4 Å². The Bertz CT molecular complexity index is 535. The van der Waals surface area contributed by atoms with Crippen molar-refractivity contribution in [2.75, 3.05) is 14.2 Å². The number of methoxy groups -OCH3 is 2. The lowest BCUT2D eigenvalue weighted by atomic mass is 10.1. The van der Waals surface area contributed by atoms with E-state index < -0.39 is 0 Å². The molecule has 0 fully saturated rings. The molecule has 0 atom stereocenters. The van der Waals surface area contributed by atoms with E-state index in [1.165, 1.54) is 0 Å². The third kappa shape index (κ3) is 2.18. The quantitative estimate of drug-likeness (QED) is 0.866. The standard InChI is InChI=1S/C12H14N2O3/c1-16-10-4-3-5-11(17-2)9(10)8-14-7-6-13-12(14)15/h3-7H,8H2,1-2H3,(H,13,15). The monoisotopic (exact) mass is 234 g/mol. The summed E-state index contributed by atoms with van der Waals surface area (Å²) >= 11 is 0. The second-order valence-corrected chi connectivity index (χ2v) is 3.53. The zero-order valence-electron chi connectivity index (χ0n) is 9.77. The van der Waals surface area contributed by atoms with Crippen molar-refractivity contribution in [2.24, 2.45) is 0 Å². The first-order chi connectivity index (χ1) is 8.26. The van der Waals surface area contributed by atoms with E-state index in [4.69, 9.17) is 9.47 Å². The molecule has 2 rings (SSSR count). The maximum Gasteiger partial charge on any atom is 0.325 e. The average Bonchev–Trinajstić information content (AvgIpc) is 2.75. The smallest absolute Gasteiger partial charge is 0.325 e. The maximum atomic E-state index is 11.4. The minimum Gasteiger partial charge on any atom is -0.496 e. The van der Waals surface area contributed by atoms with Crippen molar-refractivity contribution in [3.8, 4) is 11.5 Å². The number of hydrogen-bond donors (Lipinski definition) is 1. The van der Waals surface area contributed by atoms with Crippen molar-refractivity contribution in [1.82, 2.24) is 9.55 Å². The first-order valence-corrected chi connectivity index (χ1v) is 5.20. The lowest BCUT2D eigenvalue weighted by Crippen LogP contribution is -2.17. The van der Waals surface area contributed by atoms with Crippen LogP contribution < -0.4 is 15.2 Å². The third-order valence-electron chi connectivity index (χ3n) is 2.58. The Balaban J connectivity index is 2.43. The summed E-state index contributed by atoms with van der Waals surface area (Å²) in [7, 11) is 3.19. The summed E-state index contributed by atoms with van der Waals surface area (Å²) < 4.78 is 12.1. The van der Waals surface area contributed by atoms with Crippen molar-refractivity contribution in [1.29, 1.82) is 0 Å². The highest BCUT2D eigenvalue weighted by Crippen LogP contribution is 2.28. The van der Waals surface area contributed by atoms with Gasteiger partial charge >= 0.3 is 5.69 Å². The Morgan fingerprint density at radius 2 is 1.88 bits per heavy atom. The number of aromatic nitrogens is 2. The molecule has 1 N–H and O–H groups in total. The lowest BCUT2D eigenvalue weighted by molar-refractivity contribution is 0.383. The van der Waals surface area contributed by atoms with Crippen molar-refractivity contribution >= 4 is 0 Å². The zero-order chi connectivity index (χ0) is 12.3. The molecule has 0 aliphatic rings. The molecule has 0 amide bonds. The van der Waals surface area contributed by atoms with Crippen LogP contribution in [-0.4, -0.2) is 23.8 Å².